The zero-order valence-corrected chi connectivity index (χ0v) is 8.86. The Balaban J connectivity index is 0.00000144. The second-order valence-electron chi connectivity index (χ2n) is 3.02. The number of furan rings is 1. The van der Waals surface area contributed by atoms with E-state index in [0.717, 1.165) is 23.5 Å². The van der Waals surface area contributed by atoms with Gasteiger partial charge < -0.3 is 10.2 Å². The van der Waals surface area contributed by atoms with Crippen LogP contribution >= 0.6 is 12.4 Å². The standard InChI is InChI=1S/C10H15NO.ClH/c1-4-5-9(11)10-6-7(2)8(3)12-10;/h4,6,9H,1,5,11H2,2-3H3;1H/t9-;/m0./s1. The van der Waals surface area contributed by atoms with Gasteiger partial charge in [-0.1, -0.05) is 6.08 Å². The smallest absolute Gasteiger partial charge is 0.121 e. The normalized spacial score (nSPS) is 11.9. The number of hydrogen-bond acceptors (Lipinski definition) is 2. The highest BCUT2D eigenvalue weighted by Gasteiger charge is 2.09. The third-order valence-corrected chi connectivity index (χ3v) is 1.97. The Hall–Kier alpha value is -0.730. The van der Waals surface area contributed by atoms with E-state index in [2.05, 4.69) is 6.58 Å². The van der Waals surface area contributed by atoms with E-state index in [1.807, 2.05) is 19.9 Å². The molecule has 0 saturated heterocycles. The van der Waals surface area contributed by atoms with Gasteiger partial charge in [-0.15, -0.1) is 19.0 Å². The molecule has 1 aromatic heterocycles. The Morgan fingerprint density at radius 2 is 2.23 bits per heavy atom. The summed E-state index contributed by atoms with van der Waals surface area (Å²) in [4.78, 5) is 0. The number of hydrogen-bond donors (Lipinski definition) is 1. The van der Waals surface area contributed by atoms with Gasteiger partial charge in [0, 0.05) is 0 Å². The van der Waals surface area contributed by atoms with Crippen LogP contribution in [0.3, 0.4) is 0 Å². The van der Waals surface area contributed by atoms with Crippen LogP contribution in [0.4, 0.5) is 0 Å². The highest BCUT2D eigenvalue weighted by molar-refractivity contribution is 5.85. The molecule has 0 aliphatic heterocycles. The number of aryl methyl sites for hydroxylation is 2. The molecule has 2 N–H and O–H groups in total. The van der Waals surface area contributed by atoms with Crippen LogP contribution in [-0.4, -0.2) is 0 Å². The average molecular weight is 202 g/mol. The van der Waals surface area contributed by atoms with E-state index in [0.29, 0.717) is 0 Å². The molecule has 0 spiro atoms. The van der Waals surface area contributed by atoms with Crippen molar-refractivity contribution in [3.8, 4) is 0 Å². The molecule has 74 valence electrons. The van der Waals surface area contributed by atoms with Crippen LogP contribution in [-0.2, 0) is 0 Å². The first kappa shape index (κ1) is 12.3. The summed E-state index contributed by atoms with van der Waals surface area (Å²) in [5, 5.41) is 0. The molecule has 0 fully saturated rings. The van der Waals surface area contributed by atoms with Gasteiger partial charge in [0.2, 0.25) is 0 Å². The molecule has 0 unspecified atom stereocenters. The Morgan fingerprint density at radius 1 is 1.62 bits per heavy atom. The van der Waals surface area contributed by atoms with Crippen LogP contribution in [0.2, 0.25) is 0 Å². The van der Waals surface area contributed by atoms with Crippen LogP contribution in [0.1, 0.15) is 29.5 Å². The van der Waals surface area contributed by atoms with E-state index in [1.165, 1.54) is 0 Å². The summed E-state index contributed by atoms with van der Waals surface area (Å²) >= 11 is 0. The SMILES string of the molecule is C=CC[C@H](N)c1cc(C)c(C)o1.Cl. The number of halogens is 1. The van der Waals surface area contributed by atoms with Gasteiger partial charge in [0.25, 0.3) is 0 Å². The van der Waals surface area contributed by atoms with Gasteiger partial charge >= 0.3 is 0 Å². The maximum atomic E-state index is 5.82. The molecule has 0 radical (unpaired) electrons. The minimum atomic E-state index is -0.0464. The maximum absolute atomic E-state index is 5.82. The van der Waals surface area contributed by atoms with E-state index in [4.69, 9.17) is 10.2 Å². The van der Waals surface area contributed by atoms with E-state index in [1.54, 1.807) is 6.08 Å². The lowest BCUT2D eigenvalue weighted by atomic mass is 10.1. The molecule has 0 bridgehead atoms. The lowest BCUT2D eigenvalue weighted by molar-refractivity contribution is 0.446. The summed E-state index contributed by atoms with van der Waals surface area (Å²) in [6.45, 7) is 7.59. The lowest BCUT2D eigenvalue weighted by Crippen LogP contribution is -2.07. The molecule has 0 aromatic carbocycles. The second kappa shape index (κ2) is 5.10. The first-order valence-corrected chi connectivity index (χ1v) is 4.08. The van der Waals surface area contributed by atoms with Gasteiger partial charge in [0.1, 0.15) is 11.5 Å². The number of nitrogens with two attached hydrogens (primary N) is 1. The fourth-order valence-corrected chi connectivity index (χ4v) is 1.08. The molecule has 1 aromatic rings. The van der Waals surface area contributed by atoms with E-state index in [-0.39, 0.29) is 18.4 Å². The third-order valence-electron chi connectivity index (χ3n) is 1.97. The molecule has 13 heavy (non-hydrogen) atoms. The summed E-state index contributed by atoms with van der Waals surface area (Å²) < 4.78 is 5.46. The van der Waals surface area contributed by atoms with Gasteiger partial charge in [-0.05, 0) is 31.9 Å². The first-order valence-electron chi connectivity index (χ1n) is 4.08. The van der Waals surface area contributed by atoms with Gasteiger partial charge in [-0.2, -0.15) is 0 Å². The summed E-state index contributed by atoms with van der Waals surface area (Å²) in [7, 11) is 0. The van der Waals surface area contributed by atoms with Crippen molar-refractivity contribution in [1.29, 1.82) is 0 Å². The Labute approximate surface area is 85.2 Å². The Kier molecular flexibility index (Phi) is 4.81. The van der Waals surface area contributed by atoms with Crippen LogP contribution in [0.5, 0.6) is 0 Å². The topological polar surface area (TPSA) is 39.2 Å². The van der Waals surface area contributed by atoms with E-state index < -0.39 is 0 Å². The highest BCUT2D eigenvalue weighted by atomic mass is 35.5. The summed E-state index contributed by atoms with van der Waals surface area (Å²) in [6.07, 6.45) is 2.56. The molecule has 0 saturated carbocycles. The van der Waals surface area contributed by atoms with Crippen molar-refractivity contribution in [3.05, 3.63) is 35.8 Å². The van der Waals surface area contributed by atoms with Gasteiger partial charge in [-0.3, -0.25) is 0 Å². The predicted octanol–water partition coefficient (Wildman–Crippen LogP) is 2.89. The molecule has 1 rings (SSSR count). The number of rotatable bonds is 3. The predicted molar refractivity (Wildman–Crippen MR) is 57.2 cm³/mol. The maximum Gasteiger partial charge on any atom is 0.121 e. The summed E-state index contributed by atoms with van der Waals surface area (Å²) in [5.41, 5.74) is 6.98. The summed E-state index contributed by atoms with van der Waals surface area (Å²) in [5.74, 6) is 1.80. The largest absolute Gasteiger partial charge is 0.464 e. The van der Waals surface area contributed by atoms with Crippen molar-refractivity contribution in [2.24, 2.45) is 5.73 Å². The molecule has 3 heteroatoms. The quantitative estimate of drug-likeness (QED) is 0.764. The molecule has 0 aliphatic carbocycles. The van der Waals surface area contributed by atoms with Crippen molar-refractivity contribution in [1.82, 2.24) is 0 Å². The molecule has 1 heterocycles. The van der Waals surface area contributed by atoms with Crippen LogP contribution in [0.15, 0.2) is 23.1 Å². The van der Waals surface area contributed by atoms with E-state index in [9.17, 15) is 0 Å². The minimum Gasteiger partial charge on any atom is -0.464 e. The Bertz CT molecular complexity index is 261. The summed E-state index contributed by atoms with van der Waals surface area (Å²) in [6, 6.07) is 1.94. The molecular formula is C10H16ClNO. The molecule has 0 aliphatic rings. The zero-order chi connectivity index (χ0) is 9.14. The fourth-order valence-electron chi connectivity index (χ4n) is 1.08. The van der Waals surface area contributed by atoms with Gasteiger partial charge in [0.15, 0.2) is 0 Å². The van der Waals surface area contributed by atoms with Gasteiger partial charge in [-0.25, -0.2) is 0 Å². The fraction of sp³-hybridized carbons (Fsp3) is 0.400. The van der Waals surface area contributed by atoms with Crippen LogP contribution in [0.25, 0.3) is 0 Å². The third kappa shape index (κ3) is 2.90. The molecule has 2 nitrogen and oxygen atoms in total. The Morgan fingerprint density at radius 3 is 2.62 bits per heavy atom. The minimum absolute atomic E-state index is 0. The monoisotopic (exact) mass is 201 g/mol. The zero-order valence-electron chi connectivity index (χ0n) is 8.04. The van der Waals surface area contributed by atoms with Crippen molar-refractivity contribution < 1.29 is 4.42 Å². The van der Waals surface area contributed by atoms with Crippen molar-refractivity contribution >= 4 is 12.4 Å². The first-order chi connectivity index (χ1) is 5.65. The molecule has 0 amide bonds. The molecular weight excluding hydrogens is 186 g/mol. The van der Waals surface area contributed by atoms with Gasteiger partial charge in [0.05, 0.1) is 6.04 Å². The van der Waals surface area contributed by atoms with E-state index >= 15 is 0 Å². The van der Waals surface area contributed by atoms with Crippen LogP contribution in [0, 0.1) is 13.8 Å². The second-order valence-corrected chi connectivity index (χ2v) is 3.02. The molecule has 1 atom stereocenters. The van der Waals surface area contributed by atoms with Crippen molar-refractivity contribution in [2.45, 2.75) is 26.3 Å². The average Bonchev–Trinajstić information content (AvgIpc) is 2.33. The lowest BCUT2D eigenvalue weighted by Gasteiger charge is -2.03. The van der Waals surface area contributed by atoms with Crippen molar-refractivity contribution in [3.63, 3.8) is 0 Å². The van der Waals surface area contributed by atoms with Crippen LogP contribution < -0.4 is 5.73 Å². The van der Waals surface area contributed by atoms with Crippen molar-refractivity contribution in [2.75, 3.05) is 0 Å². The highest BCUT2D eigenvalue weighted by Crippen LogP contribution is 2.20.